The van der Waals surface area contributed by atoms with Crippen LogP contribution in [0.1, 0.15) is 27.2 Å². The van der Waals surface area contributed by atoms with E-state index in [-0.39, 0.29) is 5.56 Å². The maximum atomic E-state index is 12.1. The van der Waals surface area contributed by atoms with Gasteiger partial charge in [-0.3, -0.25) is 4.79 Å². The molecule has 0 amide bonds. The summed E-state index contributed by atoms with van der Waals surface area (Å²) in [5, 5.41) is 0. The highest BCUT2D eigenvalue weighted by molar-refractivity contribution is 5.17. The fourth-order valence-electron chi connectivity index (χ4n) is 1.67. The summed E-state index contributed by atoms with van der Waals surface area (Å²) in [5.74, 6) is 0.371. The van der Waals surface area contributed by atoms with Gasteiger partial charge in [0, 0.05) is 19.4 Å². The van der Waals surface area contributed by atoms with E-state index >= 15 is 0 Å². The van der Waals surface area contributed by atoms with Gasteiger partial charge in [-0.1, -0.05) is 6.92 Å². The zero-order valence-electron chi connectivity index (χ0n) is 11.9. The van der Waals surface area contributed by atoms with E-state index in [9.17, 15) is 4.79 Å². The van der Waals surface area contributed by atoms with Crippen LogP contribution in [0.15, 0.2) is 23.1 Å². The molecule has 0 aromatic carbocycles. The van der Waals surface area contributed by atoms with E-state index in [1.165, 1.54) is 0 Å². The number of aromatic nitrogens is 1. The van der Waals surface area contributed by atoms with E-state index < -0.39 is 6.29 Å². The lowest BCUT2D eigenvalue weighted by Crippen LogP contribution is -2.30. The Morgan fingerprint density at radius 2 is 1.89 bits per heavy atom. The van der Waals surface area contributed by atoms with Crippen LogP contribution in [0.2, 0.25) is 0 Å². The lowest BCUT2D eigenvalue weighted by molar-refractivity contribution is -0.144. The molecule has 0 bridgehead atoms. The Bertz CT molecular complexity index is 410. The van der Waals surface area contributed by atoms with E-state index in [0.717, 1.165) is 6.42 Å². The maximum Gasteiger partial charge on any atom is 0.293 e. The normalized spacial score (nSPS) is 10.9. The molecular formula is C14H23NO4. The summed E-state index contributed by atoms with van der Waals surface area (Å²) in [5.41, 5.74) is -0.152. The second kappa shape index (κ2) is 8.72. The van der Waals surface area contributed by atoms with Gasteiger partial charge in [0.05, 0.1) is 13.2 Å². The summed E-state index contributed by atoms with van der Waals surface area (Å²) in [4.78, 5) is 12.1. The summed E-state index contributed by atoms with van der Waals surface area (Å²) in [6, 6.07) is 3.48. The molecule has 0 aliphatic carbocycles. The Balaban J connectivity index is 2.79. The van der Waals surface area contributed by atoms with Gasteiger partial charge in [0.1, 0.15) is 0 Å². The number of pyridine rings is 1. The minimum absolute atomic E-state index is 0.152. The minimum atomic E-state index is -0.408. The molecule has 0 aliphatic rings. The van der Waals surface area contributed by atoms with Crippen LogP contribution in [-0.2, 0) is 16.0 Å². The highest BCUT2D eigenvalue weighted by atomic mass is 16.7. The molecule has 1 rings (SSSR count). The molecule has 5 nitrogen and oxygen atoms in total. The van der Waals surface area contributed by atoms with Crippen LogP contribution in [-0.4, -0.2) is 30.7 Å². The van der Waals surface area contributed by atoms with Crippen LogP contribution in [0.25, 0.3) is 0 Å². The van der Waals surface area contributed by atoms with E-state index in [1.54, 1.807) is 22.9 Å². The highest BCUT2D eigenvalue weighted by Crippen LogP contribution is 2.05. The quantitative estimate of drug-likeness (QED) is 0.644. The van der Waals surface area contributed by atoms with Crippen molar-refractivity contribution in [2.45, 2.75) is 40.0 Å². The molecule has 0 aliphatic heterocycles. The third-order valence-corrected chi connectivity index (χ3v) is 2.50. The number of ether oxygens (including phenoxy) is 3. The molecule has 1 aromatic rings. The largest absolute Gasteiger partial charge is 0.488 e. The maximum absolute atomic E-state index is 12.1. The highest BCUT2D eigenvalue weighted by Gasteiger charge is 2.11. The van der Waals surface area contributed by atoms with Gasteiger partial charge < -0.3 is 18.8 Å². The van der Waals surface area contributed by atoms with Crippen LogP contribution in [0, 0.1) is 0 Å². The SMILES string of the molecule is CCCOc1cccn(CC(OCC)OCC)c1=O. The first-order valence-corrected chi connectivity index (χ1v) is 6.78. The average Bonchev–Trinajstić information content (AvgIpc) is 2.40. The van der Waals surface area contributed by atoms with Crippen molar-refractivity contribution in [2.24, 2.45) is 0 Å². The Morgan fingerprint density at radius 3 is 2.47 bits per heavy atom. The number of hydrogen-bond donors (Lipinski definition) is 0. The Hall–Kier alpha value is -1.33. The smallest absolute Gasteiger partial charge is 0.293 e. The Morgan fingerprint density at radius 1 is 1.21 bits per heavy atom. The monoisotopic (exact) mass is 269 g/mol. The molecule has 0 N–H and O–H groups in total. The number of nitrogens with zero attached hydrogens (tertiary/aromatic N) is 1. The molecule has 0 saturated heterocycles. The molecule has 19 heavy (non-hydrogen) atoms. The Labute approximate surface area is 114 Å². The lowest BCUT2D eigenvalue weighted by Gasteiger charge is -2.18. The zero-order valence-corrected chi connectivity index (χ0v) is 11.9. The third-order valence-electron chi connectivity index (χ3n) is 2.50. The first kappa shape index (κ1) is 15.7. The van der Waals surface area contributed by atoms with Crippen molar-refractivity contribution in [3.05, 3.63) is 28.7 Å². The zero-order chi connectivity index (χ0) is 14.1. The molecule has 5 heteroatoms. The summed E-state index contributed by atoms with van der Waals surface area (Å²) < 4.78 is 17.8. The molecule has 1 heterocycles. The van der Waals surface area contributed by atoms with Gasteiger partial charge in [-0.15, -0.1) is 0 Å². The van der Waals surface area contributed by atoms with Gasteiger partial charge in [-0.2, -0.15) is 0 Å². The van der Waals surface area contributed by atoms with Crippen LogP contribution >= 0.6 is 0 Å². The van der Waals surface area contributed by atoms with Gasteiger partial charge >= 0.3 is 0 Å². The predicted octanol–water partition coefficient (Wildman–Crippen LogP) is 2.04. The first-order chi connectivity index (χ1) is 9.22. The summed E-state index contributed by atoms with van der Waals surface area (Å²) >= 11 is 0. The summed E-state index contributed by atoms with van der Waals surface area (Å²) in [6.07, 6.45) is 2.18. The molecule has 0 spiro atoms. The van der Waals surface area contributed by atoms with Gasteiger partial charge in [-0.25, -0.2) is 0 Å². The van der Waals surface area contributed by atoms with E-state index in [2.05, 4.69) is 0 Å². The molecule has 0 radical (unpaired) electrons. The predicted molar refractivity (Wildman–Crippen MR) is 73.5 cm³/mol. The fourth-order valence-corrected chi connectivity index (χ4v) is 1.67. The van der Waals surface area contributed by atoms with Crippen LogP contribution in [0.5, 0.6) is 5.75 Å². The van der Waals surface area contributed by atoms with Gasteiger partial charge in [0.2, 0.25) is 0 Å². The van der Waals surface area contributed by atoms with Gasteiger partial charge in [0.25, 0.3) is 5.56 Å². The summed E-state index contributed by atoms with van der Waals surface area (Å²) in [6.45, 7) is 7.80. The van der Waals surface area contributed by atoms with Crippen molar-refractivity contribution in [3.8, 4) is 5.75 Å². The van der Waals surface area contributed by atoms with Crippen molar-refractivity contribution in [1.82, 2.24) is 4.57 Å². The van der Waals surface area contributed by atoms with Crippen LogP contribution < -0.4 is 10.3 Å². The average molecular weight is 269 g/mol. The minimum Gasteiger partial charge on any atom is -0.488 e. The number of rotatable bonds is 9. The first-order valence-electron chi connectivity index (χ1n) is 6.78. The van der Waals surface area contributed by atoms with Crippen molar-refractivity contribution in [2.75, 3.05) is 19.8 Å². The van der Waals surface area contributed by atoms with E-state index in [1.807, 2.05) is 20.8 Å². The lowest BCUT2D eigenvalue weighted by atomic mass is 10.4. The summed E-state index contributed by atoms with van der Waals surface area (Å²) in [7, 11) is 0. The second-order valence-electron chi connectivity index (χ2n) is 4.02. The third kappa shape index (κ3) is 5.04. The standard InChI is InChI=1S/C14H23NO4/c1-4-10-19-12-8-7-9-15(14(12)16)11-13(17-5-2)18-6-3/h7-9,13H,4-6,10-11H2,1-3H3. The molecule has 0 saturated carbocycles. The van der Waals surface area contributed by atoms with Gasteiger partial charge in [-0.05, 0) is 32.4 Å². The molecule has 0 fully saturated rings. The van der Waals surface area contributed by atoms with Crippen molar-refractivity contribution in [3.63, 3.8) is 0 Å². The molecule has 108 valence electrons. The topological polar surface area (TPSA) is 49.7 Å². The van der Waals surface area contributed by atoms with Gasteiger partial charge in [0.15, 0.2) is 12.0 Å². The van der Waals surface area contributed by atoms with E-state index in [0.29, 0.717) is 32.1 Å². The number of hydrogen-bond acceptors (Lipinski definition) is 4. The molecule has 1 aromatic heterocycles. The Kier molecular flexibility index (Phi) is 7.22. The van der Waals surface area contributed by atoms with E-state index in [4.69, 9.17) is 14.2 Å². The molecule has 0 atom stereocenters. The fraction of sp³-hybridized carbons (Fsp3) is 0.643. The van der Waals surface area contributed by atoms with Crippen LogP contribution in [0.3, 0.4) is 0 Å². The van der Waals surface area contributed by atoms with Crippen molar-refractivity contribution < 1.29 is 14.2 Å². The molecular weight excluding hydrogens is 246 g/mol. The van der Waals surface area contributed by atoms with Crippen LogP contribution in [0.4, 0.5) is 0 Å². The molecule has 0 unspecified atom stereocenters. The van der Waals surface area contributed by atoms with Crippen molar-refractivity contribution in [1.29, 1.82) is 0 Å². The second-order valence-corrected chi connectivity index (χ2v) is 4.02. The van der Waals surface area contributed by atoms with Crippen molar-refractivity contribution >= 4 is 0 Å².